The standard InChI is InChI=1S/C17H13ClN2O2S/c18-13-6-7-15(14(10-13)12-4-2-1-3-5-12)22-11-16(21)20-17-19-8-9-23-17/h1-10H,11H2,(H,19,20,21). The summed E-state index contributed by atoms with van der Waals surface area (Å²) in [5.41, 5.74) is 1.82. The van der Waals surface area contributed by atoms with Crippen molar-refractivity contribution in [2.75, 3.05) is 11.9 Å². The zero-order chi connectivity index (χ0) is 16.1. The largest absolute Gasteiger partial charge is 0.483 e. The van der Waals surface area contributed by atoms with Crippen molar-refractivity contribution in [3.05, 3.63) is 65.1 Å². The first-order chi connectivity index (χ1) is 11.2. The number of rotatable bonds is 5. The second kappa shape index (κ2) is 7.26. The van der Waals surface area contributed by atoms with E-state index >= 15 is 0 Å². The van der Waals surface area contributed by atoms with Crippen LogP contribution in [0, 0.1) is 0 Å². The number of aromatic nitrogens is 1. The number of thiazole rings is 1. The number of anilines is 1. The summed E-state index contributed by atoms with van der Waals surface area (Å²) in [4.78, 5) is 15.9. The van der Waals surface area contributed by atoms with Gasteiger partial charge in [0.1, 0.15) is 5.75 Å². The van der Waals surface area contributed by atoms with Crippen LogP contribution in [-0.4, -0.2) is 17.5 Å². The minimum atomic E-state index is -0.256. The molecule has 0 aliphatic heterocycles. The van der Waals surface area contributed by atoms with Crippen LogP contribution >= 0.6 is 22.9 Å². The van der Waals surface area contributed by atoms with Crippen molar-refractivity contribution in [1.29, 1.82) is 0 Å². The van der Waals surface area contributed by atoms with Crippen LogP contribution < -0.4 is 10.1 Å². The second-order valence-electron chi connectivity index (χ2n) is 4.68. The van der Waals surface area contributed by atoms with Gasteiger partial charge in [0, 0.05) is 22.2 Å². The van der Waals surface area contributed by atoms with E-state index in [-0.39, 0.29) is 12.5 Å². The van der Waals surface area contributed by atoms with Crippen LogP contribution in [0.2, 0.25) is 5.02 Å². The SMILES string of the molecule is O=C(COc1ccc(Cl)cc1-c1ccccc1)Nc1nccs1. The summed E-state index contributed by atoms with van der Waals surface area (Å²) in [7, 11) is 0. The summed E-state index contributed by atoms with van der Waals surface area (Å²) in [5.74, 6) is 0.351. The summed E-state index contributed by atoms with van der Waals surface area (Å²) >= 11 is 7.44. The topological polar surface area (TPSA) is 51.2 Å². The molecule has 0 bridgehead atoms. The summed E-state index contributed by atoms with van der Waals surface area (Å²) in [5, 5.41) is 5.64. The van der Waals surface area contributed by atoms with Gasteiger partial charge in [-0.05, 0) is 23.8 Å². The molecule has 3 aromatic rings. The Labute approximate surface area is 142 Å². The van der Waals surface area contributed by atoms with Gasteiger partial charge in [-0.15, -0.1) is 11.3 Å². The van der Waals surface area contributed by atoms with Crippen molar-refractivity contribution in [3.8, 4) is 16.9 Å². The highest BCUT2D eigenvalue weighted by Gasteiger charge is 2.10. The Kier molecular flexibility index (Phi) is 4.90. The highest BCUT2D eigenvalue weighted by Crippen LogP contribution is 2.32. The van der Waals surface area contributed by atoms with Crippen LogP contribution in [0.3, 0.4) is 0 Å². The Balaban J connectivity index is 1.74. The van der Waals surface area contributed by atoms with Gasteiger partial charge in [0.25, 0.3) is 5.91 Å². The first-order valence-electron chi connectivity index (χ1n) is 6.89. The molecule has 2 aromatic carbocycles. The second-order valence-corrected chi connectivity index (χ2v) is 6.01. The van der Waals surface area contributed by atoms with Gasteiger partial charge in [0.15, 0.2) is 11.7 Å². The van der Waals surface area contributed by atoms with Crippen molar-refractivity contribution in [3.63, 3.8) is 0 Å². The summed E-state index contributed by atoms with van der Waals surface area (Å²) < 4.78 is 5.66. The van der Waals surface area contributed by atoms with Crippen LogP contribution in [0.15, 0.2) is 60.1 Å². The van der Waals surface area contributed by atoms with Crippen LogP contribution in [0.1, 0.15) is 0 Å². The Bertz CT molecular complexity index is 792. The fourth-order valence-corrected chi connectivity index (χ4v) is 2.77. The molecule has 1 amide bonds. The fourth-order valence-electron chi connectivity index (χ4n) is 2.06. The number of ether oxygens (including phenoxy) is 1. The molecule has 0 unspecified atom stereocenters. The minimum Gasteiger partial charge on any atom is -0.483 e. The fraction of sp³-hybridized carbons (Fsp3) is 0.0588. The van der Waals surface area contributed by atoms with Crippen molar-refractivity contribution >= 4 is 34.0 Å². The van der Waals surface area contributed by atoms with Crippen LogP contribution in [0.5, 0.6) is 5.75 Å². The molecule has 0 fully saturated rings. The number of carbonyl (C=O) groups excluding carboxylic acids is 1. The van der Waals surface area contributed by atoms with Gasteiger partial charge >= 0.3 is 0 Å². The first-order valence-corrected chi connectivity index (χ1v) is 8.15. The van der Waals surface area contributed by atoms with Gasteiger partial charge < -0.3 is 4.74 Å². The molecule has 23 heavy (non-hydrogen) atoms. The lowest BCUT2D eigenvalue weighted by Gasteiger charge is -2.12. The molecule has 0 saturated heterocycles. The highest BCUT2D eigenvalue weighted by molar-refractivity contribution is 7.13. The molecular weight excluding hydrogens is 332 g/mol. The van der Waals surface area contributed by atoms with Crippen LogP contribution in [0.25, 0.3) is 11.1 Å². The van der Waals surface area contributed by atoms with Crippen molar-refractivity contribution in [2.24, 2.45) is 0 Å². The lowest BCUT2D eigenvalue weighted by molar-refractivity contribution is -0.118. The van der Waals surface area contributed by atoms with Crippen molar-refractivity contribution < 1.29 is 9.53 Å². The predicted molar refractivity (Wildman–Crippen MR) is 93.1 cm³/mol. The molecule has 4 nitrogen and oxygen atoms in total. The molecule has 0 atom stereocenters. The molecule has 116 valence electrons. The lowest BCUT2D eigenvalue weighted by Crippen LogP contribution is -2.20. The van der Waals surface area contributed by atoms with Crippen LogP contribution in [-0.2, 0) is 4.79 Å². The summed E-state index contributed by atoms with van der Waals surface area (Å²) in [6.45, 7) is -0.0962. The predicted octanol–water partition coefficient (Wildman–Crippen LogP) is 4.48. The molecule has 1 N–H and O–H groups in total. The number of benzene rings is 2. The molecular formula is C17H13ClN2O2S. The number of nitrogens with zero attached hydrogens (tertiary/aromatic N) is 1. The van der Waals surface area contributed by atoms with E-state index in [2.05, 4.69) is 10.3 Å². The molecule has 6 heteroatoms. The summed E-state index contributed by atoms with van der Waals surface area (Å²) in [6.07, 6.45) is 1.63. The first kappa shape index (κ1) is 15.5. The average molecular weight is 345 g/mol. The van der Waals surface area contributed by atoms with Gasteiger partial charge in [-0.3, -0.25) is 10.1 Å². The molecule has 3 rings (SSSR count). The maximum Gasteiger partial charge on any atom is 0.264 e. The number of nitrogens with one attached hydrogen (secondary N) is 1. The van der Waals surface area contributed by atoms with Gasteiger partial charge in [0.05, 0.1) is 0 Å². The van der Waals surface area contributed by atoms with Gasteiger partial charge in [0.2, 0.25) is 0 Å². The molecule has 0 aliphatic carbocycles. The zero-order valence-corrected chi connectivity index (χ0v) is 13.6. The minimum absolute atomic E-state index is 0.0962. The third-order valence-corrected chi connectivity index (χ3v) is 3.99. The number of halogens is 1. The third kappa shape index (κ3) is 4.09. The van der Waals surface area contributed by atoms with Gasteiger partial charge in [-0.2, -0.15) is 0 Å². The number of hydrogen-bond donors (Lipinski definition) is 1. The van der Waals surface area contributed by atoms with E-state index in [0.717, 1.165) is 11.1 Å². The number of carbonyl (C=O) groups is 1. The van der Waals surface area contributed by atoms with E-state index < -0.39 is 0 Å². The monoisotopic (exact) mass is 344 g/mol. The molecule has 0 spiro atoms. The third-order valence-electron chi connectivity index (χ3n) is 3.06. The molecule has 0 saturated carbocycles. The Morgan fingerprint density at radius 2 is 2.04 bits per heavy atom. The Morgan fingerprint density at radius 1 is 1.22 bits per heavy atom. The summed E-state index contributed by atoms with van der Waals surface area (Å²) in [6, 6.07) is 15.1. The average Bonchev–Trinajstić information content (AvgIpc) is 3.07. The van der Waals surface area contributed by atoms with E-state index in [1.807, 2.05) is 36.4 Å². The molecule has 1 aromatic heterocycles. The molecule has 0 aliphatic rings. The normalized spacial score (nSPS) is 10.3. The van der Waals surface area contributed by atoms with Gasteiger partial charge in [-0.1, -0.05) is 41.9 Å². The maximum atomic E-state index is 11.9. The van der Waals surface area contributed by atoms with E-state index in [9.17, 15) is 4.79 Å². The van der Waals surface area contributed by atoms with Gasteiger partial charge in [-0.25, -0.2) is 4.98 Å². The maximum absolute atomic E-state index is 11.9. The Hall–Kier alpha value is -2.37. The highest BCUT2D eigenvalue weighted by atomic mass is 35.5. The van der Waals surface area contributed by atoms with E-state index in [4.69, 9.17) is 16.3 Å². The van der Waals surface area contributed by atoms with Crippen molar-refractivity contribution in [1.82, 2.24) is 4.98 Å². The molecule has 1 heterocycles. The van der Waals surface area contributed by atoms with E-state index in [1.54, 1.807) is 23.7 Å². The zero-order valence-electron chi connectivity index (χ0n) is 12.0. The van der Waals surface area contributed by atoms with E-state index in [0.29, 0.717) is 15.9 Å². The van der Waals surface area contributed by atoms with E-state index in [1.165, 1.54) is 11.3 Å². The molecule has 0 radical (unpaired) electrons. The number of amides is 1. The lowest BCUT2D eigenvalue weighted by atomic mass is 10.0. The number of hydrogen-bond acceptors (Lipinski definition) is 4. The smallest absolute Gasteiger partial charge is 0.264 e. The van der Waals surface area contributed by atoms with Crippen LogP contribution in [0.4, 0.5) is 5.13 Å². The quantitative estimate of drug-likeness (QED) is 0.742. The Morgan fingerprint density at radius 3 is 2.78 bits per heavy atom. The van der Waals surface area contributed by atoms with Crippen molar-refractivity contribution in [2.45, 2.75) is 0 Å².